The van der Waals surface area contributed by atoms with Gasteiger partial charge in [-0.05, 0) is 26.2 Å². The predicted octanol–water partition coefficient (Wildman–Crippen LogP) is 1.47. The van der Waals surface area contributed by atoms with Gasteiger partial charge in [-0.1, -0.05) is 13.8 Å². The first-order valence-corrected chi connectivity index (χ1v) is 6.06. The second-order valence-corrected chi connectivity index (χ2v) is 5.37. The summed E-state index contributed by atoms with van der Waals surface area (Å²) in [5, 5.41) is 0. The highest BCUT2D eigenvalue weighted by atomic mass is 16.5. The second kappa shape index (κ2) is 5.28. The quantitative estimate of drug-likeness (QED) is 0.753. The molecule has 0 spiro atoms. The van der Waals surface area contributed by atoms with Crippen LogP contribution in [0.25, 0.3) is 0 Å². The van der Waals surface area contributed by atoms with Crippen LogP contribution in [0.5, 0.6) is 0 Å². The topological polar surface area (TPSA) is 38.5 Å². The molecule has 0 aromatic heterocycles. The molecule has 2 N–H and O–H groups in total. The van der Waals surface area contributed by atoms with Gasteiger partial charge in [-0.2, -0.15) is 0 Å². The first kappa shape index (κ1) is 12.9. The third kappa shape index (κ3) is 2.92. The Morgan fingerprint density at radius 2 is 2.00 bits per heavy atom. The number of rotatable bonds is 5. The van der Waals surface area contributed by atoms with Gasteiger partial charge in [-0.15, -0.1) is 0 Å². The van der Waals surface area contributed by atoms with Gasteiger partial charge >= 0.3 is 0 Å². The molecule has 1 atom stereocenters. The molecule has 15 heavy (non-hydrogen) atoms. The van der Waals surface area contributed by atoms with E-state index in [1.54, 1.807) is 0 Å². The van der Waals surface area contributed by atoms with E-state index >= 15 is 0 Å². The van der Waals surface area contributed by atoms with Crippen LogP contribution in [-0.2, 0) is 4.74 Å². The molecule has 1 aliphatic rings. The van der Waals surface area contributed by atoms with Crippen molar-refractivity contribution < 1.29 is 4.74 Å². The van der Waals surface area contributed by atoms with Crippen molar-refractivity contribution in [3.8, 4) is 0 Å². The smallest absolute Gasteiger partial charge is 0.0663 e. The lowest BCUT2D eigenvalue weighted by Gasteiger charge is -2.43. The molecule has 0 radical (unpaired) electrons. The van der Waals surface area contributed by atoms with Gasteiger partial charge in [-0.25, -0.2) is 0 Å². The number of hydrogen-bond donors (Lipinski definition) is 1. The van der Waals surface area contributed by atoms with E-state index in [1.807, 2.05) is 0 Å². The van der Waals surface area contributed by atoms with Crippen molar-refractivity contribution in [1.82, 2.24) is 4.90 Å². The Labute approximate surface area is 94.0 Å². The van der Waals surface area contributed by atoms with E-state index in [0.717, 1.165) is 26.2 Å². The molecule has 1 fully saturated rings. The molecule has 0 amide bonds. The van der Waals surface area contributed by atoms with Crippen LogP contribution in [0.2, 0.25) is 0 Å². The molecular formula is C12H26N2O. The van der Waals surface area contributed by atoms with E-state index < -0.39 is 0 Å². The molecule has 0 bridgehead atoms. The fourth-order valence-corrected chi connectivity index (χ4v) is 2.45. The monoisotopic (exact) mass is 214 g/mol. The summed E-state index contributed by atoms with van der Waals surface area (Å²) in [4.78, 5) is 2.53. The van der Waals surface area contributed by atoms with Gasteiger partial charge in [-0.3, -0.25) is 4.90 Å². The predicted molar refractivity (Wildman–Crippen MR) is 63.9 cm³/mol. The number of ether oxygens (including phenoxy) is 1. The van der Waals surface area contributed by atoms with E-state index in [1.165, 1.54) is 0 Å². The fourth-order valence-electron chi connectivity index (χ4n) is 2.45. The molecule has 0 aromatic carbocycles. The van der Waals surface area contributed by atoms with Crippen molar-refractivity contribution in [1.29, 1.82) is 0 Å². The maximum absolute atomic E-state index is 5.96. The molecule has 90 valence electrons. The summed E-state index contributed by atoms with van der Waals surface area (Å²) in [6.07, 6.45) is 1.08. The fraction of sp³-hybridized carbons (Fsp3) is 1.00. The van der Waals surface area contributed by atoms with Crippen LogP contribution in [0.3, 0.4) is 0 Å². The minimum Gasteiger partial charge on any atom is -0.379 e. The molecule has 0 aliphatic carbocycles. The lowest BCUT2D eigenvalue weighted by molar-refractivity contribution is 0.0370. The average Bonchev–Trinajstić information content (AvgIpc) is 2.63. The third-order valence-electron chi connectivity index (χ3n) is 3.26. The second-order valence-electron chi connectivity index (χ2n) is 5.37. The minimum atomic E-state index is 0.0957. The first-order valence-electron chi connectivity index (χ1n) is 6.06. The zero-order chi connectivity index (χ0) is 11.5. The van der Waals surface area contributed by atoms with Crippen molar-refractivity contribution in [2.75, 3.05) is 26.3 Å². The van der Waals surface area contributed by atoms with Crippen LogP contribution in [0, 0.1) is 5.92 Å². The Kier molecular flexibility index (Phi) is 4.56. The van der Waals surface area contributed by atoms with Gasteiger partial charge in [0.15, 0.2) is 0 Å². The zero-order valence-corrected chi connectivity index (χ0v) is 10.6. The molecule has 1 aliphatic heterocycles. The van der Waals surface area contributed by atoms with Crippen LogP contribution >= 0.6 is 0 Å². The van der Waals surface area contributed by atoms with E-state index in [4.69, 9.17) is 10.5 Å². The zero-order valence-electron chi connectivity index (χ0n) is 10.6. The molecule has 1 unspecified atom stereocenters. The molecule has 3 nitrogen and oxygen atoms in total. The Morgan fingerprint density at radius 1 is 1.33 bits per heavy atom. The van der Waals surface area contributed by atoms with E-state index in [0.29, 0.717) is 18.5 Å². The lowest BCUT2D eigenvalue weighted by Crippen LogP contribution is -2.58. The van der Waals surface area contributed by atoms with Gasteiger partial charge < -0.3 is 10.5 Å². The van der Waals surface area contributed by atoms with Crippen molar-refractivity contribution in [2.45, 2.75) is 45.7 Å². The first-order chi connectivity index (χ1) is 7.02. The van der Waals surface area contributed by atoms with Crippen LogP contribution in [0.1, 0.15) is 34.1 Å². The van der Waals surface area contributed by atoms with Crippen molar-refractivity contribution >= 4 is 0 Å². The van der Waals surface area contributed by atoms with Crippen molar-refractivity contribution in [3.05, 3.63) is 0 Å². The molecule has 0 saturated carbocycles. The lowest BCUT2D eigenvalue weighted by atomic mass is 9.93. The largest absolute Gasteiger partial charge is 0.379 e. The number of nitrogens with two attached hydrogens (primary N) is 1. The molecule has 1 heterocycles. The summed E-state index contributed by atoms with van der Waals surface area (Å²) in [7, 11) is 0. The van der Waals surface area contributed by atoms with Crippen LogP contribution in [-0.4, -0.2) is 42.8 Å². The molecule has 1 saturated heterocycles. The van der Waals surface area contributed by atoms with E-state index in [2.05, 4.69) is 32.6 Å². The van der Waals surface area contributed by atoms with Gasteiger partial charge in [0, 0.05) is 25.7 Å². The summed E-state index contributed by atoms with van der Waals surface area (Å²) < 4.78 is 5.54. The highest BCUT2D eigenvalue weighted by Crippen LogP contribution is 2.28. The van der Waals surface area contributed by atoms with Crippen molar-refractivity contribution in [2.24, 2.45) is 11.7 Å². The maximum atomic E-state index is 5.96. The summed E-state index contributed by atoms with van der Waals surface area (Å²) >= 11 is 0. The van der Waals surface area contributed by atoms with E-state index in [-0.39, 0.29) is 5.54 Å². The molecule has 1 rings (SSSR count). The summed E-state index contributed by atoms with van der Waals surface area (Å²) in [5.41, 5.74) is 6.06. The average molecular weight is 214 g/mol. The van der Waals surface area contributed by atoms with Crippen LogP contribution in [0.4, 0.5) is 0 Å². The minimum absolute atomic E-state index is 0.0957. The van der Waals surface area contributed by atoms with Gasteiger partial charge in [0.2, 0.25) is 0 Å². The molecule has 3 heteroatoms. The Morgan fingerprint density at radius 3 is 2.33 bits per heavy atom. The Hall–Kier alpha value is -0.120. The Bertz CT molecular complexity index is 186. The van der Waals surface area contributed by atoms with Gasteiger partial charge in [0.1, 0.15) is 0 Å². The van der Waals surface area contributed by atoms with Crippen LogP contribution < -0.4 is 5.73 Å². The highest BCUT2D eigenvalue weighted by molar-refractivity contribution is 4.96. The maximum Gasteiger partial charge on any atom is 0.0663 e. The normalized spacial score (nSPS) is 27.2. The highest BCUT2D eigenvalue weighted by Gasteiger charge is 2.40. The summed E-state index contributed by atoms with van der Waals surface area (Å²) in [5.74, 6) is 0.677. The standard InChI is InChI=1S/C12H26N2O/c1-10(2)7-14(11(3)4)12(8-13)5-6-15-9-12/h10-11H,5-9,13H2,1-4H3. The van der Waals surface area contributed by atoms with Crippen LogP contribution in [0.15, 0.2) is 0 Å². The summed E-state index contributed by atoms with van der Waals surface area (Å²) in [6.45, 7) is 12.5. The van der Waals surface area contributed by atoms with E-state index in [9.17, 15) is 0 Å². The number of hydrogen-bond acceptors (Lipinski definition) is 3. The molecular weight excluding hydrogens is 188 g/mol. The SMILES string of the molecule is CC(C)CN(C(C)C)C1(CN)CCOC1. The van der Waals surface area contributed by atoms with Gasteiger partial charge in [0.25, 0.3) is 0 Å². The summed E-state index contributed by atoms with van der Waals surface area (Å²) in [6, 6.07) is 0.539. The van der Waals surface area contributed by atoms with Gasteiger partial charge in [0.05, 0.1) is 12.1 Å². The molecule has 0 aromatic rings. The third-order valence-corrected chi connectivity index (χ3v) is 3.26. The Balaban J connectivity index is 2.75. The van der Waals surface area contributed by atoms with Crippen molar-refractivity contribution in [3.63, 3.8) is 0 Å². The number of nitrogens with zero attached hydrogens (tertiary/aromatic N) is 1.